The Labute approximate surface area is 69.9 Å². The Morgan fingerprint density at radius 1 is 1.25 bits per heavy atom. The number of carbonyl (C=O) groups excluding carboxylic acids is 1. The highest BCUT2D eigenvalue weighted by Gasteiger charge is 2.14. The fraction of sp³-hybridized carbons (Fsp3) is 0.125. The Bertz CT molecular complexity index is 335. The number of amides is 1. The van der Waals surface area contributed by atoms with E-state index in [1.807, 2.05) is 19.1 Å². The molecule has 0 aromatic heterocycles. The van der Waals surface area contributed by atoms with Crippen molar-refractivity contribution in [1.82, 2.24) is 11.0 Å². The van der Waals surface area contributed by atoms with Crippen LogP contribution in [0.2, 0.25) is 0 Å². The van der Waals surface area contributed by atoms with E-state index in [9.17, 15) is 4.79 Å². The molecule has 0 aliphatic carbocycles. The molecule has 1 aromatic carbocycles. The lowest BCUT2D eigenvalue weighted by molar-refractivity contribution is 0.0931. The van der Waals surface area contributed by atoms with Gasteiger partial charge in [-0.1, -0.05) is 6.07 Å². The highest BCUT2D eigenvalue weighted by atomic mass is 16.2. The minimum absolute atomic E-state index is 0.108. The first kappa shape index (κ1) is 7.12. The zero-order valence-corrected chi connectivity index (χ0v) is 6.64. The van der Waals surface area contributed by atoms with Crippen molar-refractivity contribution in [3.8, 4) is 0 Å². The third-order valence-corrected chi connectivity index (χ3v) is 1.79. The van der Waals surface area contributed by atoms with Crippen LogP contribution in [0.15, 0.2) is 18.2 Å². The molecule has 3 N–H and O–H groups in total. The van der Waals surface area contributed by atoms with Crippen molar-refractivity contribution >= 4 is 11.6 Å². The lowest BCUT2D eigenvalue weighted by atomic mass is 10.1. The summed E-state index contributed by atoms with van der Waals surface area (Å²) in [5, 5.41) is 0. The van der Waals surface area contributed by atoms with Gasteiger partial charge >= 0.3 is 0 Å². The van der Waals surface area contributed by atoms with Gasteiger partial charge in [0.1, 0.15) is 0 Å². The van der Waals surface area contributed by atoms with Gasteiger partial charge in [0, 0.05) is 0 Å². The van der Waals surface area contributed by atoms with Crippen molar-refractivity contribution in [3.05, 3.63) is 29.3 Å². The summed E-state index contributed by atoms with van der Waals surface area (Å²) in [6.45, 7) is 1.98. The third kappa shape index (κ3) is 1.02. The lowest BCUT2D eigenvalue weighted by Gasteiger charge is -2.19. The van der Waals surface area contributed by atoms with Crippen molar-refractivity contribution in [1.29, 1.82) is 0 Å². The van der Waals surface area contributed by atoms with Crippen molar-refractivity contribution < 1.29 is 4.79 Å². The van der Waals surface area contributed by atoms with Gasteiger partial charge in [0.2, 0.25) is 0 Å². The molecule has 1 aromatic rings. The fourth-order valence-corrected chi connectivity index (χ4v) is 1.18. The molecule has 0 radical (unpaired) electrons. The van der Waals surface area contributed by atoms with E-state index in [-0.39, 0.29) is 5.91 Å². The van der Waals surface area contributed by atoms with E-state index in [1.165, 1.54) is 0 Å². The van der Waals surface area contributed by atoms with Crippen LogP contribution in [0.5, 0.6) is 0 Å². The number of hydrogen-bond acceptors (Lipinski definition) is 3. The summed E-state index contributed by atoms with van der Waals surface area (Å²) in [4.78, 5) is 11.2. The van der Waals surface area contributed by atoms with E-state index < -0.39 is 0 Å². The Hall–Kier alpha value is -1.55. The summed E-state index contributed by atoms with van der Waals surface area (Å²) < 4.78 is 0. The highest BCUT2D eigenvalue weighted by molar-refractivity contribution is 6.00. The molecule has 4 heteroatoms. The molecule has 1 aliphatic heterocycles. The predicted molar refractivity (Wildman–Crippen MR) is 45.4 cm³/mol. The number of rotatable bonds is 0. The second kappa shape index (κ2) is 2.49. The predicted octanol–water partition coefficient (Wildman–Crippen LogP) is 0.570. The van der Waals surface area contributed by atoms with Gasteiger partial charge in [-0.15, -0.1) is 5.53 Å². The van der Waals surface area contributed by atoms with E-state index in [2.05, 4.69) is 16.4 Å². The summed E-state index contributed by atoms with van der Waals surface area (Å²) in [7, 11) is 0. The number of aryl methyl sites for hydroxylation is 1. The van der Waals surface area contributed by atoms with E-state index in [0.29, 0.717) is 5.56 Å². The molecule has 0 fully saturated rings. The Balaban J connectivity index is 2.53. The molecule has 0 bridgehead atoms. The molecule has 0 atom stereocenters. The molecule has 0 saturated carbocycles. The number of hydrogen-bond donors (Lipinski definition) is 3. The van der Waals surface area contributed by atoms with Gasteiger partial charge in [-0.05, 0) is 24.6 Å². The van der Waals surface area contributed by atoms with Gasteiger partial charge in [-0.3, -0.25) is 10.2 Å². The van der Waals surface area contributed by atoms with Crippen LogP contribution in [0, 0.1) is 6.92 Å². The molecule has 1 amide bonds. The van der Waals surface area contributed by atoms with Crippen LogP contribution in [0.25, 0.3) is 0 Å². The molecular weight excluding hydrogens is 154 g/mol. The number of carbonyl (C=O) groups is 1. The first-order valence-electron chi connectivity index (χ1n) is 3.69. The molecule has 0 spiro atoms. The molecule has 1 heterocycles. The molecule has 0 saturated heterocycles. The minimum atomic E-state index is -0.108. The van der Waals surface area contributed by atoms with E-state index in [4.69, 9.17) is 0 Å². The third-order valence-electron chi connectivity index (χ3n) is 1.79. The van der Waals surface area contributed by atoms with Gasteiger partial charge in [-0.25, -0.2) is 0 Å². The Kier molecular flexibility index (Phi) is 1.48. The highest BCUT2D eigenvalue weighted by Crippen LogP contribution is 2.17. The van der Waals surface area contributed by atoms with Crippen LogP contribution in [0.3, 0.4) is 0 Å². The average molecular weight is 163 g/mol. The van der Waals surface area contributed by atoms with Gasteiger partial charge in [0.25, 0.3) is 5.91 Å². The van der Waals surface area contributed by atoms with Crippen molar-refractivity contribution in [2.75, 3.05) is 5.43 Å². The summed E-state index contributed by atoms with van der Waals surface area (Å²) in [6.07, 6.45) is 0. The van der Waals surface area contributed by atoms with Crippen LogP contribution >= 0.6 is 0 Å². The number of anilines is 1. The number of benzene rings is 1. The summed E-state index contributed by atoms with van der Waals surface area (Å²) in [5.41, 5.74) is 10.5. The van der Waals surface area contributed by atoms with Crippen LogP contribution in [-0.4, -0.2) is 5.91 Å². The van der Waals surface area contributed by atoms with E-state index in [1.54, 1.807) is 6.07 Å². The largest absolute Gasteiger partial charge is 0.303 e. The minimum Gasteiger partial charge on any atom is -0.303 e. The van der Waals surface area contributed by atoms with Gasteiger partial charge in [0.05, 0.1) is 11.3 Å². The van der Waals surface area contributed by atoms with E-state index >= 15 is 0 Å². The second-order valence-electron chi connectivity index (χ2n) is 2.75. The van der Waals surface area contributed by atoms with E-state index in [0.717, 1.165) is 11.3 Å². The summed E-state index contributed by atoms with van der Waals surface area (Å²) in [6, 6.07) is 5.63. The maximum Gasteiger partial charge on any atom is 0.268 e. The molecule has 12 heavy (non-hydrogen) atoms. The normalized spacial score (nSPS) is 14.6. The molecule has 4 nitrogen and oxygen atoms in total. The lowest BCUT2D eigenvalue weighted by Crippen LogP contribution is -2.45. The maximum absolute atomic E-state index is 11.2. The second-order valence-corrected chi connectivity index (χ2v) is 2.75. The van der Waals surface area contributed by atoms with Crippen LogP contribution in [0.1, 0.15) is 15.9 Å². The maximum atomic E-state index is 11.2. The Morgan fingerprint density at radius 3 is 2.92 bits per heavy atom. The zero-order valence-electron chi connectivity index (χ0n) is 6.64. The first-order chi connectivity index (χ1) is 5.77. The van der Waals surface area contributed by atoms with Crippen LogP contribution in [0.4, 0.5) is 5.69 Å². The van der Waals surface area contributed by atoms with Crippen LogP contribution < -0.4 is 16.4 Å². The van der Waals surface area contributed by atoms with Gasteiger partial charge < -0.3 is 5.43 Å². The van der Waals surface area contributed by atoms with Crippen molar-refractivity contribution in [3.63, 3.8) is 0 Å². The molecule has 2 rings (SSSR count). The summed E-state index contributed by atoms with van der Waals surface area (Å²) >= 11 is 0. The number of nitrogens with one attached hydrogen (secondary N) is 3. The summed E-state index contributed by atoms with van der Waals surface area (Å²) in [5.74, 6) is -0.108. The number of hydrazine groups is 2. The van der Waals surface area contributed by atoms with Crippen LogP contribution in [-0.2, 0) is 0 Å². The molecule has 1 aliphatic rings. The molecular formula is C8H9N3O. The zero-order chi connectivity index (χ0) is 8.55. The van der Waals surface area contributed by atoms with Crippen molar-refractivity contribution in [2.24, 2.45) is 0 Å². The molecule has 0 unspecified atom stereocenters. The average Bonchev–Trinajstić information content (AvgIpc) is 2.04. The standard InChI is InChI=1S/C8H9N3O/c1-5-2-3-6-7(4-5)9-11-10-8(6)12/h2-4,9,11H,1H3,(H,10,12). The monoisotopic (exact) mass is 163 g/mol. The Morgan fingerprint density at radius 2 is 2.08 bits per heavy atom. The fourth-order valence-electron chi connectivity index (χ4n) is 1.18. The topological polar surface area (TPSA) is 53.2 Å². The number of fused-ring (bicyclic) bond motifs is 1. The van der Waals surface area contributed by atoms with Gasteiger partial charge in [-0.2, -0.15) is 0 Å². The van der Waals surface area contributed by atoms with Gasteiger partial charge in [0.15, 0.2) is 0 Å². The SMILES string of the molecule is Cc1ccc2c(c1)NNNC2=O. The smallest absolute Gasteiger partial charge is 0.268 e. The molecule has 62 valence electrons. The van der Waals surface area contributed by atoms with Crippen molar-refractivity contribution in [2.45, 2.75) is 6.92 Å². The quantitative estimate of drug-likeness (QED) is 0.524. The first-order valence-corrected chi connectivity index (χ1v) is 3.69.